The second kappa shape index (κ2) is 8.29. The highest BCUT2D eigenvalue weighted by atomic mass is 16.2. The number of nitrogens with one attached hydrogen (secondary N) is 2. The average Bonchev–Trinajstić information content (AvgIpc) is 2.77. The highest BCUT2D eigenvalue weighted by Gasteiger charge is 2.54. The Morgan fingerprint density at radius 2 is 1.48 bits per heavy atom. The summed E-state index contributed by atoms with van der Waals surface area (Å²) in [5.41, 5.74) is 0.449. The molecule has 4 saturated carbocycles. The fourth-order valence-electron chi connectivity index (χ4n) is 6.96. The number of benzene rings is 1. The summed E-state index contributed by atoms with van der Waals surface area (Å²) in [5.74, 6) is 2.29. The molecular weight excluding hydrogens is 390 g/mol. The molecule has 5 aliphatic rings. The van der Waals surface area contributed by atoms with Crippen LogP contribution in [-0.2, 0) is 9.59 Å². The molecule has 4 bridgehead atoms. The number of carbonyl (C=O) groups excluding carboxylic acids is 3. The maximum absolute atomic E-state index is 13.3. The van der Waals surface area contributed by atoms with Crippen LogP contribution in [0.4, 0.5) is 0 Å². The summed E-state index contributed by atoms with van der Waals surface area (Å²) in [5, 5.41) is 6.07. The van der Waals surface area contributed by atoms with Crippen molar-refractivity contribution in [3.63, 3.8) is 0 Å². The number of likely N-dealkylation sites (tertiary alicyclic amines) is 1. The monoisotopic (exact) mass is 423 g/mol. The van der Waals surface area contributed by atoms with Gasteiger partial charge in [0.15, 0.2) is 0 Å². The number of rotatable bonds is 5. The second-order valence-electron chi connectivity index (χ2n) is 10.4. The molecule has 0 radical (unpaired) electrons. The largest absolute Gasteiger partial charge is 0.353 e. The quantitative estimate of drug-likeness (QED) is 0.764. The normalized spacial score (nSPS) is 32.0. The predicted molar refractivity (Wildman–Crippen MR) is 117 cm³/mol. The molecule has 1 aliphatic heterocycles. The molecule has 1 saturated heterocycles. The second-order valence-corrected chi connectivity index (χ2v) is 10.4. The van der Waals surface area contributed by atoms with Crippen molar-refractivity contribution in [1.82, 2.24) is 15.5 Å². The van der Waals surface area contributed by atoms with E-state index in [9.17, 15) is 14.4 Å². The summed E-state index contributed by atoms with van der Waals surface area (Å²) >= 11 is 0. The van der Waals surface area contributed by atoms with E-state index in [1.165, 1.54) is 19.3 Å². The van der Waals surface area contributed by atoms with Gasteiger partial charge in [0.05, 0.1) is 6.54 Å². The van der Waals surface area contributed by atoms with Crippen LogP contribution in [0.25, 0.3) is 0 Å². The molecule has 0 aromatic heterocycles. The van der Waals surface area contributed by atoms with Crippen LogP contribution < -0.4 is 10.6 Å². The summed E-state index contributed by atoms with van der Waals surface area (Å²) in [6, 6.07) is 9.09. The van der Waals surface area contributed by atoms with Crippen LogP contribution in [0.5, 0.6) is 0 Å². The van der Waals surface area contributed by atoms with E-state index in [0.717, 1.165) is 49.9 Å². The summed E-state index contributed by atoms with van der Waals surface area (Å²) in [6.07, 6.45) is 8.86. The van der Waals surface area contributed by atoms with Gasteiger partial charge in [-0.15, -0.1) is 0 Å². The zero-order valence-corrected chi connectivity index (χ0v) is 18.1. The maximum Gasteiger partial charge on any atom is 0.251 e. The smallest absolute Gasteiger partial charge is 0.251 e. The van der Waals surface area contributed by atoms with Crippen LogP contribution in [0.3, 0.4) is 0 Å². The maximum atomic E-state index is 13.3. The molecule has 1 aromatic carbocycles. The summed E-state index contributed by atoms with van der Waals surface area (Å²) in [6.45, 7) is 1.27. The van der Waals surface area contributed by atoms with Gasteiger partial charge in [-0.05, 0) is 81.3 Å². The van der Waals surface area contributed by atoms with Crippen molar-refractivity contribution in [3.8, 4) is 0 Å². The first kappa shape index (κ1) is 20.5. The van der Waals surface area contributed by atoms with Gasteiger partial charge in [0.1, 0.15) is 0 Å². The third-order valence-electron chi connectivity index (χ3n) is 8.14. The van der Waals surface area contributed by atoms with Crippen LogP contribution in [0.2, 0.25) is 0 Å². The molecule has 31 heavy (non-hydrogen) atoms. The summed E-state index contributed by atoms with van der Waals surface area (Å²) in [7, 11) is 0. The minimum absolute atomic E-state index is 0.0119. The Morgan fingerprint density at radius 1 is 0.903 bits per heavy atom. The third kappa shape index (κ3) is 4.21. The van der Waals surface area contributed by atoms with E-state index >= 15 is 0 Å². The van der Waals surface area contributed by atoms with E-state index in [1.807, 2.05) is 6.07 Å². The molecule has 6 heteroatoms. The Morgan fingerprint density at radius 3 is 2.06 bits per heavy atom. The first-order chi connectivity index (χ1) is 15.0. The fourth-order valence-corrected chi connectivity index (χ4v) is 6.96. The topological polar surface area (TPSA) is 78.5 Å². The standard InChI is InChI=1S/C25H33N3O3/c29-22(16-26-23(30)20-4-2-1-3-5-20)28-8-6-21(7-9-28)27-24(31)25-13-17-10-18(14-25)12-19(11-17)15-25/h1-5,17-19,21H,6-16H2,(H,26,30)(H,27,31). The van der Waals surface area contributed by atoms with Gasteiger partial charge in [-0.2, -0.15) is 0 Å². The Labute approximate surface area is 184 Å². The Hall–Kier alpha value is -2.37. The first-order valence-electron chi connectivity index (χ1n) is 11.9. The molecule has 5 fully saturated rings. The first-order valence-corrected chi connectivity index (χ1v) is 11.9. The molecule has 166 valence electrons. The van der Waals surface area contributed by atoms with Gasteiger partial charge in [0.25, 0.3) is 5.91 Å². The number of nitrogens with zero attached hydrogens (tertiary/aromatic N) is 1. The van der Waals surface area contributed by atoms with Gasteiger partial charge in [-0.3, -0.25) is 14.4 Å². The molecular formula is C25H33N3O3. The molecule has 3 amide bonds. The highest BCUT2D eigenvalue weighted by molar-refractivity contribution is 5.96. The van der Waals surface area contributed by atoms with Crippen LogP contribution in [0.15, 0.2) is 30.3 Å². The van der Waals surface area contributed by atoms with Crippen molar-refractivity contribution in [2.75, 3.05) is 19.6 Å². The lowest BCUT2D eigenvalue weighted by atomic mass is 9.49. The van der Waals surface area contributed by atoms with Gasteiger partial charge in [0, 0.05) is 30.1 Å². The van der Waals surface area contributed by atoms with Crippen LogP contribution in [0, 0.1) is 23.2 Å². The van der Waals surface area contributed by atoms with Gasteiger partial charge in [-0.25, -0.2) is 0 Å². The molecule has 4 aliphatic carbocycles. The Balaban J connectivity index is 1.08. The van der Waals surface area contributed by atoms with Gasteiger partial charge in [0.2, 0.25) is 11.8 Å². The van der Waals surface area contributed by atoms with Gasteiger partial charge in [-0.1, -0.05) is 18.2 Å². The molecule has 0 unspecified atom stereocenters. The van der Waals surface area contributed by atoms with Gasteiger partial charge >= 0.3 is 0 Å². The SMILES string of the molecule is O=C(NCC(=O)N1CCC(NC(=O)C23CC4CC(CC(C4)C2)C3)CC1)c1ccccc1. The average molecular weight is 424 g/mol. The van der Waals surface area contributed by atoms with E-state index in [1.54, 1.807) is 29.2 Å². The minimum atomic E-state index is -0.230. The minimum Gasteiger partial charge on any atom is -0.353 e. The lowest BCUT2D eigenvalue weighted by Gasteiger charge is -2.56. The number of hydrogen-bond donors (Lipinski definition) is 2. The van der Waals surface area contributed by atoms with E-state index < -0.39 is 0 Å². The molecule has 1 heterocycles. The molecule has 6 nitrogen and oxygen atoms in total. The predicted octanol–water partition coefficient (Wildman–Crippen LogP) is 2.74. The van der Waals surface area contributed by atoms with Crippen molar-refractivity contribution in [3.05, 3.63) is 35.9 Å². The summed E-state index contributed by atoms with van der Waals surface area (Å²) < 4.78 is 0. The van der Waals surface area contributed by atoms with Gasteiger partial charge < -0.3 is 15.5 Å². The zero-order chi connectivity index (χ0) is 21.4. The molecule has 0 atom stereocenters. The number of hydrogen-bond acceptors (Lipinski definition) is 3. The number of piperidine rings is 1. The van der Waals surface area contributed by atoms with E-state index in [0.29, 0.717) is 18.7 Å². The van der Waals surface area contributed by atoms with E-state index in [4.69, 9.17) is 0 Å². The van der Waals surface area contributed by atoms with Crippen LogP contribution in [-0.4, -0.2) is 48.3 Å². The van der Waals surface area contributed by atoms with Crippen LogP contribution in [0.1, 0.15) is 61.7 Å². The molecule has 6 rings (SSSR count). The van der Waals surface area contributed by atoms with E-state index in [2.05, 4.69) is 10.6 Å². The lowest BCUT2D eigenvalue weighted by molar-refractivity contribution is -0.147. The number of carbonyl (C=O) groups is 3. The van der Waals surface area contributed by atoms with Crippen molar-refractivity contribution in [1.29, 1.82) is 0 Å². The Kier molecular flexibility index (Phi) is 5.49. The van der Waals surface area contributed by atoms with Crippen LogP contribution >= 0.6 is 0 Å². The lowest BCUT2D eigenvalue weighted by Crippen LogP contribution is -2.56. The van der Waals surface area contributed by atoms with E-state index in [-0.39, 0.29) is 35.7 Å². The highest BCUT2D eigenvalue weighted by Crippen LogP contribution is 2.60. The fraction of sp³-hybridized carbons (Fsp3) is 0.640. The van der Waals surface area contributed by atoms with Crippen molar-refractivity contribution in [2.24, 2.45) is 23.2 Å². The van der Waals surface area contributed by atoms with Crippen molar-refractivity contribution in [2.45, 2.75) is 57.4 Å². The molecule has 2 N–H and O–H groups in total. The summed E-state index contributed by atoms with van der Waals surface area (Å²) in [4.78, 5) is 39.7. The van der Waals surface area contributed by atoms with Crippen molar-refractivity contribution >= 4 is 17.7 Å². The number of amides is 3. The Bertz CT molecular complexity index is 810. The zero-order valence-electron chi connectivity index (χ0n) is 18.1. The van der Waals surface area contributed by atoms with Crippen molar-refractivity contribution < 1.29 is 14.4 Å². The third-order valence-corrected chi connectivity index (χ3v) is 8.14. The molecule has 0 spiro atoms. The molecule has 1 aromatic rings.